The van der Waals surface area contributed by atoms with Gasteiger partial charge >= 0.3 is 0 Å². The van der Waals surface area contributed by atoms with E-state index in [1.165, 1.54) is 32.1 Å². The van der Waals surface area contributed by atoms with Gasteiger partial charge in [0.2, 0.25) is 0 Å². The van der Waals surface area contributed by atoms with Gasteiger partial charge in [0.05, 0.1) is 5.75 Å². The first kappa shape index (κ1) is 23.2. The van der Waals surface area contributed by atoms with Crippen molar-refractivity contribution in [3.05, 3.63) is 0 Å². The van der Waals surface area contributed by atoms with E-state index in [4.69, 9.17) is 0 Å². The van der Waals surface area contributed by atoms with Crippen LogP contribution in [0.3, 0.4) is 0 Å². The Balaban J connectivity index is 2.40. The highest BCUT2D eigenvalue weighted by molar-refractivity contribution is 7.90. The number of piperidine rings is 1. The molecule has 1 rings (SSSR count). The van der Waals surface area contributed by atoms with Crippen molar-refractivity contribution in [2.24, 2.45) is 10.4 Å². The summed E-state index contributed by atoms with van der Waals surface area (Å²) < 4.78 is 22.8. The SMILES string of the molecule is CCNC(=NCC(C)(C)CCS(C)(=O)=O)NCCCN1CCCCC1C. The van der Waals surface area contributed by atoms with Crippen LogP contribution in [0.2, 0.25) is 0 Å². The largest absolute Gasteiger partial charge is 0.357 e. The van der Waals surface area contributed by atoms with E-state index in [0.29, 0.717) is 19.0 Å². The van der Waals surface area contributed by atoms with Crippen molar-refractivity contribution in [2.75, 3.05) is 44.7 Å². The van der Waals surface area contributed by atoms with Gasteiger partial charge in [0, 0.05) is 38.5 Å². The van der Waals surface area contributed by atoms with Crippen molar-refractivity contribution >= 4 is 15.8 Å². The van der Waals surface area contributed by atoms with E-state index in [1.54, 1.807) is 0 Å². The standard InChI is InChI=1S/C19H40N4O2S/c1-6-20-18(22-16-19(3,4)11-15-26(5,24)25)21-12-9-14-23-13-8-7-10-17(23)2/h17H,6-16H2,1-5H3,(H2,20,21,22). The average molecular weight is 389 g/mol. The van der Waals surface area contributed by atoms with Crippen LogP contribution in [-0.4, -0.2) is 70.1 Å². The maximum absolute atomic E-state index is 11.4. The molecule has 26 heavy (non-hydrogen) atoms. The molecular weight excluding hydrogens is 348 g/mol. The third-order valence-corrected chi connectivity index (χ3v) is 5.96. The van der Waals surface area contributed by atoms with Gasteiger partial charge in [0.1, 0.15) is 9.84 Å². The van der Waals surface area contributed by atoms with Crippen LogP contribution in [-0.2, 0) is 9.84 Å². The summed E-state index contributed by atoms with van der Waals surface area (Å²) in [4.78, 5) is 7.26. The minimum Gasteiger partial charge on any atom is -0.357 e. The Morgan fingerprint density at radius 1 is 1.27 bits per heavy atom. The van der Waals surface area contributed by atoms with Gasteiger partial charge in [0.25, 0.3) is 0 Å². The van der Waals surface area contributed by atoms with Crippen LogP contribution in [0.25, 0.3) is 0 Å². The smallest absolute Gasteiger partial charge is 0.191 e. The number of nitrogens with one attached hydrogen (secondary N) is 2. The van der Waals surface area contributed by atoms with Crippen LogP contribution in [0.5, 0.6) is 0 Å². The number of nitrogens with zero attached hydrogens (tertiary/aromatic N) is 2. The normalized spacial score (nSPS) is 20.2. The lowest BCUT2D eigenvalue weighted by atomic mass is 9.90. The zero-order valence-electron chi connectivity index (χ0n) is 17.5. The topological polar surface area (TPSA) is 73.8 Å². The average Bonchev–Trinajstić information content (AvgIpc) is 2.56. The summed E-state index contributed by atoms with van der Waals surface area (Å²) in [5.74, 6) is 1.04. The van der Waals surface area contributed by atoms with Crippen molar-refractivity contribution in [3.8, 4) is 0 Å². The predicted molar refractivity (Wildman–Crippen MR) is 112 cm³/mol. The molecule has 6 nitrogen and oxygen atoms in total. The zero-order valence-corrected chi connectivity index (χ0v) is 18.3. The highest BCUT2D eigenvalue weighted by Gasteiger charge is 2.20. The molecule has 154 valence electrons. The van der Waals surface area contributed by atoms with Crippen LogP contribution in [0.15, 0.2) is 4.99 Å². The Kier molecular flexibility index (Phi) is 9.93. The molecule has 0 saturated carbocycles. The first-order chi connectivity index (χ1) is 12.1. The van der Waals surface area contributed by atoms with Crippen LogP contribution >= 0.6 is 0 Å². The molecule has 0 aliphatic carbocycles. The van der Waals surface area contributed by atoms with Gasteiger partial charge in [-0.25, -0.2) is 8.42 Å². The Labute approximate surface area is 161 Å². The summed E-state index contributed by atoms with van der Waals surface area (Å²) in [5, 5.41) is 6.70. The number of hydrogen-bond donors (Lipinski definition) is 2. The molecule has 0 radical (unpaired) electrons. The zero-order chi connectivity index (χ0) is 19.6. The van der Waals surface area contributed by atoms with Gasteiger partial charge in [-0.15, -0.1) is 0 Å². The molecule has 7 heteroatoms. The summed E-state index contributed by atoms with van der Waals surface area (Å²) >= 11 is 0. The van der Waals surface area contributed by atoms with Gasteiger partial charge in [-0.05, 0) is 51.5 Å². The molecule has 0 aromatic rings. The number of sulfone groups is 1. The molecule has 0 spiro atoms. The first-order valence-electron chi connectivity index (χ1n) is 10.1. The quantitative estimate of drug-likeness (QED) is 0.341. The highest BCUT2D eigenvalue weighted by atomic mass is 32.2. The van der Waals surface area contributed by atoms with E-state index >= 15 is 0 Å². The number of likely N-dealkylation sites (tertiary alicyclic amines) is 1. The van der Waals surface area contributed by atoms with Gasteiger partial charge in [-0.2, -0.15) is 0 Å². The Bertz CT molecular complexity index is 532. The molecule has 0 amide bonds. The summed E-state index contributed by atoms with van der Waals surface area (Å²) in [6, 6.07) is 0.710. The summed E-state index contributed by atoms with van der Waals surface area (Å²) in [5.41, 5.74) is -0.130. The van der Waals surface area contributed by atoms with E-state index in [-0.39, 0.29) is 11.2 Å². The Morgan fingerprint density at radius 2 is 2.00 bits per heavy atom. The summed E-state index contributed by atoms with van der Waals surface area (Å²) in [7, 11) is -2.92. The van der Waals surface area contributed by atoms with Gasteiger partial charge in [-0.1, -0.05) is 20.3 Å². The lowest BCUT2D eigenvalue weighted by Gasteiger charge is -2.33. The molecular formula is C19H40N4O2S. The Morgan fingerprint density at radius 3 is 2.62 bits per heavy atom. The number of rotatable bonds is 10. The van der Waals surface area contributed by atoms with Crippen LogP contribution < -0.4 is 10.6 Å². The van der Waals surface area contributed by atoms with Crippen molar-refractivity contribution < 1.29 is 8.42 Å². The van der Waals surface area contributed by atoms with E-state index in [2.05, 4.69) is 48.2 Å². The molecule has 1 unspecified atom stereocenters. The molecule has 2 N–H and O–H groups in total. The summed E-state index contributed by atoms with van der Waals surface area (Å²) in [6.45, 7) is 13.2. The molecule has 0 aromatic carbocycles. The molecule has 1 saturated heterocycles. The van der Waals surface area contributed by atoms with Crippen LogP contribution in [0.1, 0.15) is 59.8 Å². The van der Waals surface area contributed by atoms with Crippen LogP contribution in [0.4, 0.5) is 0 Å². The van der Waals surface area contributed by atoms with Crippen molar-refractivity contribution in [1.29, 1.82) is 0 Å². The lowest BCUT2D eigenvalue weighted by Crippen LogP contribution is -2.41. The molecule has 0 aromatic heterocycles. The minimum absolute atomic E-state index is 0.130. The maximum Gasteiger partial charge on any atom is 0.191 e. The number of aliphatic imine (C=N–C) groups is 1. The highest BCUT2D eigenvalue weighted by Crippen LogP contribution is 2.21. The fraction of sp³-hybridized carbons (Fsp3) is 0.947. The Hall–Kier alpha value is -0.820. The summed E-state index contributed by atoms with van der Waals surface area (Å²) in [6.07, 6.45) is 7.03. The second kappa shape index (κ2) is 11.1. The fourth-order valence-electron chi connectivity index (χ4n) is 3.15. The van der Waals surface area contributed by atoms with E-state index in [0.717, 1.165) is 32.0 Å². The second-order valence-corrected chi connectivity index (χ2v) is 10.7. The molecule has 1 fully saturated rings. The lowest BCUT2D eigenvalue weighted by molar-refractivity contribution is 0.159. The van der Waals surface area contributed by atoms with Crippen LogP contribution in [0, 0.1) is 5.41 Å². The second-order valence-electron chi connectivity index (χ2n) is 8.40. The molecule has 0 bridgehead atoms. The van der Waals surface area contributed by atoms with E-state index < -0.39 is 9.84 Å². The third-order valence-electron chi connectivity index (χ3n) is 5.01. The first-order valence-corrected chi connectivity index (χ1v) is 12.1. The number of guanidine groups is 1. The van der Waals surface area contributed by atoms with Gasteiger partial charge in [0.15, 0.2) is 5.96 Å². The monoisotopic (exact) mass is 388 g/mol. The predicted octanol–water partition coefficient (Wildman–Crippen LogP) is 2.27. The van der Waals surface area contributed by atoms with Crippen molar-refractivity contribution in [1.82, 2.24) is 15.5 Å². The van der Waals surface area contributed by atoms with Gasteiger partial charge < -0.3 is 15.5 Å². The van der Waals surface area contributed by atoms with Crippen molar-refractivity contribution in [2.45, 2.75) is 65.8 Å². The molecule has 1 atom stereocenters. The minimum atomic E-state index is -2.92. The van der Waals surface area contributed by atoms with E-state index in [1.807, 2.05) is 0 Å². The third kappa shape index (κ3) is 10.4. The molecule has 1 heterocycles. The number of hydrogen-bond acceptors (Lipinski definition) is 4. The fourth-order valence-corrected chi connectivity index (χ4v) is 4.08. The maximum atomic E-state index is 11.4. The molecule has 1 aliphatic heterocycles. The van der Waals surface area contributed by atoms with Gasteiger partial charge in [-0.3, -0.25) is 4.99 Å². The molecule has 1 aliphatic rings. The van der Waals surface area contributed by atoms with E-state index in [9.17, 15) is 8.42 Å². The van der Waals surface area contributed by atoms with Crippen molar-refractivity contribution in [3.63, 3.8) is 0 Å².